The van der Waals surface area contributed by atoms with Gasteiger partial charge in [0.15, 0.2) is 0 Å². The first-order valence-corrected chi connectivity index (χ1v) is 7.64. The van der Waals surface area contributed by atoms with Crippen molar-refractivity contribution in [2.75, 3.05) is 7.05 Å². The van der Waals surface area contributed by atoms with E-state index < -0.39 is 5.97 Å². The standard InChI is InChI=1S/C15H17Cl2NO2/c1-18-9-3-5-13(18)14(15(19)20)10(7-9)8-2-4-11(16)12(17)6-8/h2,4,6,9-10,13-14H,3,5,7H2,1H3,(H,19,20)/t9?,10-,13-,14-/m1/s1. The minimum absolute atomic E-state index is 0.0240. The molecule has 1 N–H and O–H groups in total. The van der Waals surface area contributed by atoms with E-state index in [1.54, 1.807) is 6.07 Å². The molecule has 2 aliphatic heterocycles. The van der Waals surface area contributed by atoms with E-state index in [1.807, 2.05) is 19.2 Å². The molecule has 0 saturated carbocycles. The van der Waals surface area contributed by atoms with E-state index in [2.05, 4.69) is 4.90 Å². The highest BCUT2D eigenvalue weighted by Crippen LogP contribution is 2.46. The molecule has 20 heavy (non-hydrogen) atoms. The Bertz CT molecular complexity index is 549. The number of piperidine rings is 1. The molecule has 1 aromatic rings. The predicted octanol–water partition coefficient (Wildman–Crippen LogP) is 3.64. The zero-order valence-corrected chi connectivity index (χ0v) is 12.7. The van der Waals surface area contributed by atoms with E-state index in [1.165, 1.54) is 0 Å². The molecule has 0 radical (unpaired) electrons. The van der Waals surface area contributed by atoms with Crippen molar-refractivity contribution in [1.29, 1.82) is 0 Å². The van der Waals surface area contributed by atoms with Gasteiger partial charge in [-0.25, -0.2) is 0 Å². The number of nitrogens with zero attached hydrogens (tertiary/aromatic N) is 1. The molecule has 3 rings (SSSR count). The van der Waals surface area contributed by atoms with Gasteiger partial charge in [0.25, 0.3) is 0 Å². The average Bonchev–Trinajstić information content (AvgIpc) is 2.63. The summed E-state index contributed by atoms with van der Waals surface area (Å²) in [5.41, 5.74) is 0.997. The molecule has 4 atom stereocenters. The third-order valence-corrected chi connectivity index (χ3v) is 5.66. The first kappa shape index (κ1) is 14.2. The molecule has 2 heterocycles. The number of carboxylic acid groups (broad SMARTS) is 1. The highest BCUT2D eigenvalue weighted by atomic mass is 35.5. The van der Waals surface area contributed by atoms with Gasteiger partial charge in [-0.3, -0.25) is 9.69 Å². The number of halogens is 2. The predicted molar refractivity (Wildman–Crippen MR) is 79.5 cm³/mol. The lowest BCUT2D eigenvalue weighted by atomic mass is 9.76. The first-order chi connectivity index (χ1) is 9.49. The zero-order chi connectivity index (χ0) is 14.4. The Hall–Kier alpha value is -0.770. The molecule has 2 fully saturated rings. The average molecular weight is 314 g/mol. The quantitative estimate of drug-likeness (QED) is 0.906. The Morgan fingerprint density at radius 3 is 2.70 bits per heavy atom. The second kappa shape index (κ2) is 5.21. The molecular formula is C15H17Cl2NO2. The minimum Gasteiger partial charge on any atom is -0.481 e. The van der Waals surface area contributed by atoms with Crippen LogP contribution in [0.4, 0.5) is 0 Å². The molecule has 0 aromatic heterocycles. The van der Waals surface area contributed by atoms with E-state index in [0.717, 1.165) is 24.8 Å². The second-order valence-corrected chi connectivity index (χ2v) is 6.66. The fourth-order valence-corrected chi connectivity index (χ4v) is 4.20. The van der Waals surface area contributed by atoms with Gasteiger partial charge in [-0.2, -0.15) is 0 Å². The van der Waals surface area contributed by atoms with E-state index >= 15 is 0 Å². The van der Waals surface area contributed by atoms with Crippen LogP contribution < -0.4 is 0 Å². The highest BCUT2D eigenvalue weighted by Gasteiger charge is 2.49. The molecule has 0 spiro atoms. The summed E-state index contributed by atoms with van der Waals surface area (Å²) in [6.07, 6.45) is 2.93. The lowest BCUT2D eigenvalue weighted by Crippen LogP contribution is -2.48. The van der Waals surface area contributed by atoms with Gasteiger partial charge in [0.2, 0.25) is 0 Å². The van der Waals surface area contributed by atoms with Crippen molar-refractivity contribution in [1.82, 2.24) is 4.90 Å². The van der Waals surface area contributed by atoms with E-state index in [-0.39, 0.29) is 17.9 Å². The summed E-state index contributed by atoms with van der Waals surface area (Å²) in [5.74, 6) is -1.05. The fourth-order valence-electron chi connectivity index (χ4n) is 3.89. The van der Waals surface area contributed by atoms with Crippen molar-refractivity contribution in [2.24, 2.45) is 5.92 Å². The van der Waals surface area contributed by atoms with Crippen LogP contribution >= 0.6 is 23.2 Å². The summed E-state index contributed by atoms with van der Waals surface area (Å²) in [6, 6.07) is 6.12. The fraction of sp³-hybridized carbons (Fsp3) is 0.533. The third kappa shape index (κ3) is 2.22. The van der Waals surface area contributed by atoms with Gasteiger partial charge >= 0.3 is 5.97 Å². The summed E-state index contributed by atoms with van der Waals surface area (Å²) in [5, 5.41) is 10.7. The van der Waals surface area contributed by atoms with Crippen LogP contribution in [0.5, 0.6) is 0 Å². The highest BCUT2D eigenvalue weighted by molar-refractivity contribution is 6.42. The maximum atomic E-state index is 11.7. The normalized spacial score (nSPS) is 33.4. The van der Waals surface area contributed by atoms with Crippen molar-refractivity contribution < 1.29 is 9.90 Å². The summed E-state index contributed by atoms with van der Waals surface area (Å²) in [4.78, 5) is 14.0. The van der Waals surface area contributed by atoms with Crippen molar-refractivity contribution >= 4 is 29.2 Å². The number of aliphatic carboxylic acids is 1. The minimum atomic E-state index is -0.710. The molecule has 0 aliphatic carbocycles. The number of benzene rings is 1. The van der Waals surface area contributed by atoms with Gasteiger partial charge in [0.05, 0.1) is 16.0 Å². The Balaban J connectivity index is 1.98. The summed E-state index contributed by atoms with van der Waals surface area (Å²) in [7, 11) is 2.04. The molecule has 2 aliphatic rings. The van der Waals surface area contributed by atoms with Crippen LogP contribution in [-0.2, 0) is 4.79 Å². The van der Waals surface area contributed by atoms with E-state index in [0.29, 0.717) is 16.1 Å². The van der Waals surface area contributed by atoms with Crippen molar-refractivity contribution in [3.63, 3.8) is 0 Å². The SMILES string of the molecule is CN1C2CC[C@@H]1[C@H](C(=O)O)[C@@H](c1ccc(Cl)c(Cl)c1)C2. The van der Waals surface area contributed by atoms with Gasteiger partial charge in [-0.15, -0.1) is 0 Å². The summed E-state index contributed by atoms with van der Waals surface area (Å²) in [6.45, 7) is 0. The molecule has 0 amide bonds. The topological polar surface area (TPSA) is 40.5 Å². The Labute approximate surface area is 128 Å². The van der Waals surface area contributed by atoms with Gasteiger partial charge in [-0.05, 0) is 44.0 Å². The van der Waals surface area contributed by atoms with Gasteiger partial charge in [-0.1, -0.05) is 29.3 Å². The van der Waals surface area contributed by atoms with Crippen molar-refractivity contribution in [2.45, 2.75) is 37.3 Å². The number of carboxylic acids is 1. The lowest BCUT2D eigenvalue weighted by molar-refractivity contribution is -0.146. The number of hydrogen-bond acceptors (Lipinski definition) is 2. The van der Waals surface area contributed by atoms with Crippen molar-refractivity contribution in [3.8, 4) is 0 Å². The monoisotopic (exact) mass is 313 g/mol. The first-order valence-electron chi connectivity index (χ1n) is 6.88. The van der Waals surface area contributed by atoms with E-state index in [4.69, 9.17) is 23.2 Å². The largest absolute Gasteiger partial charge is 0.481 e. The Morgan fingerprint density at radius 2 is 2.05 bits per heavy atom. The second-order valence-electron chi connectivity index (χ2n) is 5.84. The number of rotatable bonds is 2. The molecule has 5 heteroatoms. The summed E-state index contributed by atoms with van der Waals surface area (Å²) < 4.78 is 0. The molecule has 2 saturated heterocycles. The lowest BCUT2D eigenvalue weighted by Gasteiger charge is -2.41. The van der Waals surface area contributed by atoms with Crippen LogP contribution in [0, 0.1) is 5.92 Å². The zero-order valence-electron chi connectivity index (χ0n) is 11.2. The molecule has 2 bridgehead atoms. The van der Waals surface area contributed by atoms with Gasteiger partial charge < -0.3 is 5.11 Å². The number of carbonyl (C=O) groups is 1. The maximum Gasteiger partial charge on any atom is 0.308 e. The molecule has 3 nitrogen and oxygen atoms in total. The van der Waals surface area contributed by atoms with Crippen LogP contribution in [0.25, 0.3) is 0 Å². The molecular weight excluding hydrogens is 297 g/mol. The summed E-state index contributed by atoms with van der Waals surface area (Å²) >= 11 is 12.0. The molecule has 1 unspecified atom stereocenters. The van der Waals surface area contributed by atoms with Gasteiger partial charge in [0.1, 0.15) is 0 Å². The van der Waals surface area contributed by atoms with Crippen LogP contribution in [0.3, 0.4) is 0 Å². The van der Waals surface area contributed by atoms with Crippen LogP contribution in [0.15, 0.2) is 18.2 Å². The molecule has 1 aromatic carbocycles. The van der Waals surface area contributed by atoms with Gasteiger partial charge in [0, 0.05) is 18.0 Å². The van der Waals surface area contributed by atoms with E-state index in [9.17, 15) is 9.90 Å². The smallest absolute Gasteiger partial charge is 0.308 e. The Morgan fingerprint density at radius 1 is 1.30 bits per heavy atom. The van der Waals surface area contributed by atoms with Crippen LogP contribution in [0.2, 0.25) is 10.0 Å². The molecule has 108 valence electrons. The third-order valence-electron chi connectivity index (χ3n) is 4.93. The van der Waals surface area contributed by atoms with Crippen molar-refractivity contribution in [3.05, 3.63) is 33.8 Å². The van der Waals surface area contributed by atoms with Crippen LogP contribution in [0.1, 0.15) is 30.7 Å². The number of hydrogen-bond donors (Lipinski definition) is 1. The number of fused-ring (bicyclic) bond motifs is 2. The maximum absolute atomic E-state index is 11.7. The van der Waals surface area contributed by atoms with Crippen LogP contribution in [-0.4, -0.2) is 35.1 Å². The Kier molecular flexibility index (Phi) is 3.69.